The van der Waals surface area contributed by atoms with Crippen molar-refractivity contribution < 1.29 is 0 Å². The van der Waals surface area contributed by atoms with E-state index in [0.717, 1.165) is 12.5 Å². The minimum absolute atomic E-state index is 0.618. The summed E-state index contributed by atoms with van der Waals surface area (Å²) in [6.07, 6.45) is 4.75. The number of hydrogen-bond donors (Lipinski definition) is 1. The highest BCUT2D eigenvalue weighted by Crippen LogP contribution is 2.20. The van der Waals surface area contributed by atoms with Gasteiger partial charge in [0.05, 0.1) is 0 Å². The molecule has 0 saturated carbocycles. The predicted molar refractivity (Wildman–Crippen MR) is 73.9 cm³/mol. The van der Waals surface area contributed by atoms with Crippen LogP contribution in [0.3, 0.4) is 0 Å². The van der Waals surface area contributed by atoms with Crippen molar-refractivity contribution in [2.75, 3.05) is 0 Å². The Labute approximate surface area is 103 Å². The van der Waals surface area contributed by atoms with Crippen molar-refractivity contribution in [3.63, 3.8) is 0 Å². The molecule has 1 aromatic carbocycles. The van der Waals surface area contributed by atoms with E-state index in [1.165, 1.54) is 29.3 Å². The van der Waals surface area contributed by atoms with Crippen LogP contribution in [0.1, 0.15) is 32.3 Å². The molecular weight excluding hydrogens is 208 g/mol. The molecule has 0 aliphatic carbocycles. The van der Waals surface area contributed by atoms with E-state index in [2.05, 4.69) is 48.9 Å². The first kappa shape index (κ1) is 12.2. The van der Waals surface area contributed by atoms with Crippen LogP contribution in [0.15, 0.2) is 30.5 Å². The third-order valence-corrected chi connectivity index (χ3v) is 3.36. The van der Waals surface area contributed by atoms with Gasteiger partial charge in [0, 0.05) is 24.8 Å². The lowest BCUT2D eigenvalue weighted by molar-refractivity contribution is 0.453. The van der Waals surface area contributed by atoms with Gasteiger partial charge in [-0.1, -0.05) is 26.3 Å². The van der Waals surface area contributed by atoms with E-state index >= 15 is 0 Å². The maximum Gasteiger partial charge on any atom is 0.0480 e. The zero-order valence-corrected chi connectivity index (χ0v) is 10.8. The molecule has 92 valence electrons. The quantitative estimate of drug-likeness (QED) is 0.837. The molecule has 0 fully saturated rings. The van der Waals surface area contributed by atoms with Crippen LogP contribution >= 0.6 is 0 Å². The Bertz CT molecular complexity index is 485. The highest BCUT2D eigenvalue weighted by atomic mass is 15.0. The lowest BCUT2D eigenvalue weighted by Gasteiger charge is -2.12. The molecule has 0 saturated heterocycles. The number of rotatable bonds is 5. The van der Waals surface area contributed by atoms with Crippen LogP contribution in [0, 0.1) is 5.92 Å². The van der Waals surface area contributed by atoms with Crippen LogP contribution in [-0.2, 0) is 13.1 Å². The van der Waals surface area contributed by atoms with Crippen LogP contribution in [0.4, 0.5) is 0 Å². The van der Waals surface area contributed by atoms with E-state index in [0.29, 0.717) is 6.54 Å². The van der Waals surface area contributed by atoms with Crippen molar-refractivity contribution in [2.45, 2.75) is 39.8 Å². The summed E-state index contributed by atoms with van der Waals surface area (Å²) in [5.74, 6) is 0.741. The van der Waals surface area contributed by atoms with E-state index in [4.69, 9.17) is 5.73 Å². The van der Waals surface area contributed by atoms with E-state index in [-0.39, 0.29) is 0 Å². The minimum atomic E-state index is 0.618. The van der Waals surface area contributed by atoms with Crippen molar-refractivity contribution in [3.05, 3.63) is 36.0 Å². The molecule has 0 aliphatic rings. The Morgan fingerprint density at radius 2 is 2.12 bits per heavy atom. The van der Waals surface area contributed by atoms with E-state index < -0.39 is 0 Å². The number of nitrogens with zero attached hydrogens (tertiary/aromatic N) is 1. The topological polar surface area (TPSA) is 30.9 Å². The van der Waals surface area contributed by atoms with Crippen LogP contribution in [0.5, 0.6) is 0 Å². The first-order chi connectivity index (χ1) is 8.24. The highest BCUT2D eigenvalue weighted by molar-refractivity contribution is 5.80. The summed E-state index contributed by atoms with van der Waals surface area (Å²) in [4.78, 5) is 0. The zero-order chi connectivity index (χ0) is 12.3. The average Bonchev–Trinajstić information content (AvgIpc) is 2.72. The normalized spacial score (nSPS) is 13.1. The predicted octanol–water partition coefficient (Wildman–Crippen LogP) is 3.54. The lowest BCUT2D eigenvalue weighted by Crippen LogP contribution is -2.06. The molecule has 1 atom stereocenters. The third-order valence-electron chi connectivity index (χ3n) is 3.36. The van der Waals surface area contributed by atoms with Gasteiger partial charge in [-0.25, -0.2) is 0 Å². The molecular formula is C15H22N2. The van der Waals surface area contributed by atoms with Gasteiger partial charge in [0.15, 0.2) is 0 Å². The summed E-state index contributed by atoms with van der Waals surface area (Å²) in [7, 11) is 0. The molecule has 0 radical (unpaired) electrons. The second-order valence-electron chi connectivity index (χ2n) is 4.96. The fraction of sp³-hybridized carbons (Fsp3) is 0.467. The van der Waals surface area contributed by atoms with Gasteiger partial charge < -0.3 is 10.3 Å². The fourth-order valence-electron chi connectivity index (χ4n) is 2.46. The molecule has 2 N–H and O–H groups in total. The van der Waals surface area contributed by atoms with Crippen molar-refractivity contribution in [3.8, 4) is 0 Å². The number of aromatic nitrogens is 1. The number of benzene rings is 1. The summed E-state index contributed by atoms with van der Waals surface area (Å²) in [5, 5.41) is 1.30. The average molecular weight is 230 g/mol. The molecule has 0 spiro atoms. The number of nitrogens with two attached hydrogens (primary N) is 1. The van der Waals surface area contributed by atoms with E-state index in [9.17, 15) is 0 Å². The van der Waals surface area contributed by atoms with Crippen LogP contribution in [0.25, 0.3) is 10.9 Å². The first-order valence-corrected chi connectivity index (χ1v) is 6.52. The van der Waals surface area contributed by atoms with Crippen LogP contribution < -0.4 is 5.73 Å². The van der Waals surface area contributed by atoms with Gasteiger partial charge in [0.2, 0.25) is 0 Å². The Morgan fingerprint density at radius 1 is 1.29 bits per heavy atom. The van der Waals surface area contributed by atoms with Crippen molar-refractivity contribution in [2.24, 2.45) is 11.7 Å². The summed E-state index contributed by atoms with van der Waals surface area (Å²) in [6.45, 7) is 6.30. The fourth-order valence-corrected chi connectivity index (χ4v) is 2.46. The van der Waals surface area contributed by atoms with Gasteiger partial charge >= 0.3 is 0 Å². The summed E-state index contributed by atoms with van der Waals surface area (Å²) >= 11 is 0. The largest absolute Gasteiger partial charge is 0.347 e. The lowest BCUT2D eigenvalue weighted by atomic mass is 10.1. The standard InChI is InChI=1S/C15H22N2/c1-3-4-12(2)11-17-8-7-14-9-13(10-16)5-6-15(14)17/h5-9,12H,3-4,10-11,16H2,1-2H3. The van der Waals surface area contributed by atoms with Gasteiger partial charge in [0.25, 0.3) is 0 Å². The summed E-state index contributed by atoms with van der Waals surface area (Å²) < 4.78 is 2.36. The molecule has 0 amide bonds. The second kappa shape index (κ2) is 5.37. The molecule has 2 nitrogen and oxygen atoms in total. The summed E-state index contributed by atoms with van der Waals surface area (Å²) in [5.41, 5.74) is 8.19. The zero-order valence-electron chi connectivity index (χ0n) is 10.8. The number of hydrogen-bond acceptors (Lipinski definition) is 1. The first-order valence-electron chi connectivity index (χ1n) is 6.52. The molecule has 0 bridgehead atoms. The molecule has 0 aliphatic heterocycles. The van der Waals surface area contributed by atoms with Crippen molar-refractivity contribution >= 4 is 10.9 Å². The van der Waals surface area contributed by atoms with Gasteiger partial charge in [-0.15, -0.1) is 0 Å². The molecule has 1 unspecified atom stereocenters. The third kappa shape index (κ3) is 2.70. The van der Waals surface area contributed by atoms with Gasteiger partial charge in [0.1, 0.15) is 0 Å². The molecule has 2 rings (SSSR count). The highest BCUT2D eigenvalue weighted by Gasteiger charge is 2.05. The Morgan fingerprint density at radius 3 is 2.82 bits per heavy atom. The molecule has 1 aromatic heterocycles. The molecule has 2 aromatic rings. The monoisotopic (exact) mass is 230 g/mol. The Kier molecular flexibility index (Phi) is 3.85. The Hall–Kier alpha value is -1.28. The van der Waals surface area contributed by atoms with Gasteiger partial charge in [-0.05, 0) is 41.5 Å². The minimum Gasteiger partial charge on any atom is -0.347 e. The van der Waals surface area contributed by atoms with Crippen LogP contribution in [0.2, 0.25) is 0 Å². The second-order valence-corrected chi connectivity index (χ2v) is 4.96. The number of fused-ring (bicyclic) bond motifs is 1. The van der Waals surface area contributed by atoms with E-state index in [1.807, 2.05) is 0 Å². The maximum atomic E-state index is 5.66. The summed E-state index contributed by atoms with van der Waals surface area (Å²) in [6, 6.07) is 8.70. The van der Waals surface area contributed by atoms with Gasteiger partial charge in [-0.3, -0.25) is 0 Å². The van der Waals surface area contributed by atoms with Crippen LogP contribution in [-0.4, -0.2) is 4.57 Å². The van der Waals surface area contributed by atoms with E-state index in [1.54, 1.807) is 0 Å². The SMILES string of the molecule is CCCC(C)Cn1ccc2cc(CN)ccc21. The molecule has 17 heavy (non-hydrogen) atoms. The van der Waals surface area contributed by atoms with Crippen molar-refractivity contribution in [1.82, 2.24) is 4.57 Å². The Balaban J connectivity index is 2.24. The van der Waals surface area contributed by atoms with Gasteiger partial charge in [-0.2, -0.15) is 0 Å². The van der Waals surface area contributed by atoms with Crippen molar-refractivity contribution in [1.29, 1.82) is 0 Å². The molecule has 1 heterocycles. The smallest absolute Gasteiger partial charge is 0.0480 e. The maximum absolute atomic E-state index is 5.66. The molecule has 2 heteroatoms.